The third-order valence-corrected chi connectivity index (χ3v) is 5.39. The Balaban J connectivity index is 2.22. The fourth-order valence-electron chi connectivity index (χ4n) is 3.22. The lowest BCUT2D eigenvalue weighted by atomic mass is 9.66. The molecule has 1 aromatic rings. The predicted octanol–water partition coefficient (Wildman–Crippen LogP) is 4.19. The number of thiophene rings is 1. The predicted molar refractivity (Wildman–Crippen MR) is 76.8 cm³/mol. The Morgan fingerprint density at radius 3 is 2.82 bits per heavy atom. The van der Waals surface area contributed by atoms with Crippen LogP contribution in [0.2, 0.25) is 0 Å². The number of aryl methyl sites for hydroxylation is 1. The first-order chi connectivity index (χ1) is 8.03. The molecule has 0 aromatic carbocycles. The van der Waals surface area contributed by atoms with Crippen molar-refractivity contribution in [3.8, 4) is 0 Å². The zero-order valence-corrected chi connectivity index (χ0v) is 12.4. The lowest BCUT2D eigenvalue weighted by Gasteiger charge is -2.41. The first-order valence-electron chi connectivity index (χ1n) is 6.72. The highest BCUT2D eigenvalue weighted by molar-refractivity contribution is 7.10. The summed E-state index contributed by atoms with van der Waals surface area (Å²) < 4.78 is 0. The third kappa shape index (κ3) is 2.92. The standard InChI is InChI=1S/C15H25NS/c1-11-6-8-17-14(11)13-9-15(2,3)7-5-12(13)10-16-4/h6,8,12-13,16H,5,7,9-10H2,1-4H3. The summed E-state index contributed by atoms with van der Waals surface area (Å²) in [7, 11) is 2.08. The van der Waals surface area contributed by atoms with Crippen molar-refractivity contribution in [3.05, 3.63) is 21.9 Å². The highest BCUT2D eigenvalue weighted by Crippen LogP contribution is 2.48. The van der Waals surface area contributed by atoms with Crippen LogP contribution in [0.25, 0.3) is 0 Å². The maximum Gasteiger partial charge on any atom is 0.0109 e. The van der Waals surface area contributed by atoms with E-state index in [2.05, 4.69) is 44.6 Å². The van der Waals surface area contributed by atoms with E-state index >= 15 is 0 Å². The molecule has 17 heavy (non-hydrogen) atoms. The molecule has 0 radical (unpaired) electrons. The van der Waals surface area contributed by atoms with E-state index in [1.807, 2.05) is 11.3 Å². The summed E-state index contributed by atoms with van der Waals surface area (Å²) >= 11 is 1.96. The van der Waals surface area contributed by atoms with E-state index in [1.54, 1.807) is 4.88 Å². The second kappa shape index (κ2) is 5.11. The van der Waals surface area contributed by atoms with E-state index in [0.717, 1.165) is 18.4 Å². The summed E-state index contributed by atoms with van der Waals surface area (Å²) in [5.74, 6) is 1.59. The maximum absolute atomic E-state index is 3.38. The molecular formula is C15H25NS. The summed E-state index contributed by atoms with van der Waals surface area (Å²) in [5, 5.41) is 5.63. The second-order valence-corrected chi connectivity index (χ2v) is 7.25. The molecule has 0 amide bonds. The van der Waals surface area contributed by atoms with E-state index in [0.29, 0.717) is 5.41 Å². The summed E-state index contributed by atoms with van der Waals surface area (Å²) in [5.41, 5.74) is 2.02. The third-order valence-electron chi connectivity index (χ3n) is 4.24. The lowest BCUT2D eigenvalue weighted by Crippen LogP contribution is -2.33. The van der Waals surface area contributed by atoms with Crippen molar-refractivity contribution in [2.45, 2.75) is 46.0 Å². The molecule has 1 saturated carbocycles. The van der Waals surface area contributed by atoms with E-state index in [4.69, 9.17) is 0 Å². The van der Waals surface area contributed by atoms with Crippen LogP contribution in [-0.4, -0.2) is 13.6 Å². The molecule has 1 aromatic heterocycles. The SMILES string of the molecule is CNCC1CCC(C)(C)CC1c1sccc1C. The zero-order chi connectivity index (χ0) is 12.5. The minimum Gasteiger partial charge on any atom is -0.319 e. The van der Waals surface area contributed by atoms with Crippen LogP contribution in [0.15, 0.2) is 11.4 Å². The van der Waals surface area contributed by atoms with Crippen LogP contribution >= 0.6 is 11.3 Å². The Morgan fingerprint density at radius 1 is 1.47 bits per heavy atom. The Labute approximate surface area is 110 Å². The summed E-state index contributed by atoms with van der Waals surface area (Å²) in [4.78, 5) is 1.64. The van der Waals surface area contributed by atoms with Crippen LogP contribution in [-0.2, 0) is 0 Å². The molecule has 0 saturated heterocycles. The summed E-state index contributed by atoms with van der Waals surface area (Å²) in [6.45, 7) is 8.29. The van der Waals surface area contributed by atoms with Gasteiger partial charge in [0.1, 0.15) is 0 Å². The maximum atomic E-state index is 3.38. The highest BCUT2D eigenvalue weighted by atomic mass is 32.1. The minimum absolute atomic E-state index is 0.519. The molecule has 1 N–H and O–H groups in total. The van der Waals surface area contributed by atoms with Gasteiger partial charge in [0, 0.05) is 4.88 Å². The molecule has 0 spiro atoms. The van der Waals surface area contributed by atoms with Gasteiger partial charge < -0.3 is 5.32 Å². The number of hydrogen-bond acceptors (Lipinski definition) is 2. The molecule has 1 heterocycles. The van der Waals surface area contributed by atoms with Crippen LogP contribution in [0, 0.1) is 18.3 Å². The monoisotopic (exact) mass is 251 g/mol. The molecule has 2 heteroatoms. The van der Waals surface area contributed by atoms with Gasteiger partial charge in [-0.15, -0.1) is 11.3 Å². The molecule has 1 nitrogen and oxygen atoms in total. The van der Waals surface area contributed by atoms with Crippen LogP contribution in [0.3, 0.4) is 0 Å². The summed E-state index contributed by atoms with van der Waals surface area (Å²) in [6.07, 6.45) is 4.09. The molecular weight excluding hydrogens is 226 g/mol. The average molecular weight is 251 g/mol. The number of nitrogens with one attached hydrogen (secondary N) is 1. The topological polar surface area (TPSA) is 12.0 Å². The van der Waals surface area contributed by atoms with Crippen molar-refractivity contribution in [2.75, 3.05) is 13.6 Å². The largest absolute Gasteiger partial charge is 0.319 e. The smallest absolute Gasteiger partial charge is 0.0109 e. The van der Waals surface area contributed by atoms with Gasteiger partial charge in [0.2, 0.25) is 0 Å². The fraction of sp³-hybridized carbons (Fsp3) is 0.733. The normalized spacial score (nSPS) is 28.2. The zero-order valence-electron chi connectivity index (χ0n) is 11.5. The first kappa shape index (κ1) is 13.1. The van der Waals surface area contributed by atoms with Crippen LogP contribution in [0.4, 0.5) is 0 Å². The summed E-state index contributed by atoms with van der Waals surface area (Å²) in [6, 6.07) is 2.28. The Morgan fingerprint density at radius 2 is 2.24 bits per heavy atom. The van der Waals surface area contributed by atoms with Crippen molar-refractivity contribution in [1.29, 1.82) is 0 Å². The molecule has 0 aliphatic heterocycles. The minimum atomic E-state index is 0.519. The van der Waals surface area contributed by atoms with Gasteiger partial charge in [-0.1, -0.05) is 13.8 Å². The van der Waals surface area contributed by atoms with E-state index in [1.165, 1.54) is 24.8 Å². The van der Waals surface area contributed by atoms with E-state index < -0.39 is 0 Å². The fourth-order valence-corrected chi connectivity index (χ4v) is 4.34. The molecule has 2 unspecified atom stereocenters. The molecule has 2 rings (SSSR count). The van der Waals surface area contributed by atoms with E-state index in [-0.39, 0.29) is 0 Å². The number of rotatable bonds is 3. The Bertz CT molecular complexity index is 367. The van der Waals surface area contributed by atoms with Gasteiger partial charge in [-0.25, -0.2) is 0 Å². The molecule has 96 valence electrons. The van der Waals surface area contributed by atoms with E-state index in [9.17, 15) is 0 Å². The van der Waals surface area contributed by atoms with Crippen molar-refractivity contribution in [3.63, 3.8) is 0 Å². The molecule has 1 aliphatic rings. The van der Waals surface area contributed by atoms with Crippen molar-refractivity contribution >= 4 is 11.3 Å². The Hall–Kier alpha value is -0.340. The second-order valence-electron chi connectivity index (χ2n) is 6.30. The van der Waals surface area contributed by atoms with Gasteiger partial charge >= 0.3 is 0 Å². The van der Waals surface area contributed by atoms with Gasteiger partial charge in [0.05, 0.1) is 0 Å². The van der Waals surface area contributed by atoms with Gasteiger partial charge in [0.15, 0.2) is 0 Å². The van der Waals surface area contributed by atoms with Gasteiger partial charge in [-0.2, -0.15) is 0 Å². The first-order valence-corrected chi connectivity index (χ1v) is 7.60. The lowest BCUT2D eigenvalue weighted by molar-refractivity contribution is 0.162. The average Bonchev–Trinajstić information content (AvgIpc) is 2.67. The number of hydrogen-bond donors (Lipinski definition) is 1. The molecule has 2 atom stereocenters. The molecule has 1 aliphatic carbocycles. The van der Waals surface area contributed by atoms with Gasteiger partial charge in [0.25, 0.3) is 0 Å². The van der Waals surface area contributed by atoms with Crippen LogP contribution < -0.4 is 5.32 Å². The molecule has 1 fully saturated rings. The quantitative estimate of drug-likeness (QED) is 0.849. The van der Waals surface area contributed by atoms with Crippen molar-refractivity contribution < 1.29 is 0 Å². The van der Waals surface area contributed by atoms with Crippen molar-refractivity contribution in [2.24, 2.45) is 11.3 Å². The van der Waals surface area contributed by atoms with Crippen molar-refractivity contribution in [1.82, 2.24) is 5.32 Å². The molecule has 0 bridgehead atoms. The van der Waals surface area contributed by atoms with Gasteiger partial charge in [-0.05, 0) is 74.0 Å². The highest BCUT2D eigenvalue weighted by Gasteiger charge is 2.36. The Kier molecular flexibility index (Phi) is 3.94. The van der Waals surface area contributed by atoms with Gasteiger partial charge in [-0.3, -0.25) is 0 Å². The van der Waals surface area contributed by atoms with Crippen LogP contribution in [0.1, 0.15) is 49.5 Å². The van der Waals surface area contributed by atoms with Crippen LogP contribution in [0.5, 0.6) is 0 Å².